The van der Waals surface area contributed by atoms with Crippen molar-refractivity contribution in [2.24, 2.45) is 0 Å². The first-order valence-corrected chi connectivity index (χ1v) is 5.68. The first-order valence-electron chi connectivity index (χ1n) is 5.68. The van der Waals surface area contributed by atoms with Gasteiger partial charge >= 0.3 is 5.69 Å². The monoisotopic (exact) mass is 255 g/mol. The van der Waals surface area contributed by atoms with Gasteiger partial charge in [0, 0.05) is 13.1 Å². The van der Waals surface area contributed by atoms with Crippen LogP contribution in [0.5, 0.6) is 5.88 Å². The highest BCUT2D eigenvalue weighted by Gasteiger charge is 2.23. The Labute approximate surface area is 105 Å². The smallest absolute Gasteiger partial charge is 0.372 e. The minimum absolute atomic E-state index is 0.0426. The van der Waals surface area contributed by atoms with Gasteiger partial charge in [0.15, 0.2) is 0 Å². The minimum Gasteiger partial charge on any atom is -0.476 e. The van der Waals surface area contributed by atoms with Gasteiger partial charge < -0.3 is 15.4 Å². The fraction of sp³-hybridized carbons (Fsp3) is 0.600. The summed E-state index contributed by atoms with van der Waals surface area (Å²) in [4.78, 5) is 17.9. The molecule has 0 aliphatic carbocycles. The van der Waals surface area contributed by atoms with E-state index in [0.29, 0.717) is 13.1 Å². The van der Waals surface area contributed by atoms with Crippen LogP contribution in [0.4, 0.5) is 11.5 Å². The first-order chi connectivity index (χ1) is 8.70. The lowest BCUT2D eigenvalue weighted by Crippen LogP contribution is -2.23. The number of nitro groups is 1. The van der Waals surface area contributed by atoms with Gasteiger partial charge in [0.05, 0.1) is 12.0 Å². The molecule has 0 fully saturated rings. The van der Waals surface area contributed by atoms with Crippen molar-refractivity contribution in [3.8, 4) is 5.88 Å². The van der Waals surface area contributed by atoms with Crippen molar-refractivity contribution in [3.05, 3.63) is 16.4 Å². The van der Waals surface area contributed by atoms with Gasteiger partial charge in [-0.1, -0.05) is 6.92 Å². The van der Waals surface area contributed by atoms with E-state index in [0.717, 1.165) is 13.0 Å². The molecule has 0 saturated heterocycles. The molecule has 0 aliphatic rings. The van der Waals surface area contributed by atoms with E-state index in [2.05, 4.69) is 27.5 Å². The van der Waals surface area contributed by atoms with Crippen LogP contribution < -0.4 is 15.4 Å². The van der Waals surface area contributed by atoms with Crippen LogP contribution in [0, 0.1) is 10.1 Å². The number of nitrogens with one attached hydrogen (secondary N) is 2. The number of methoxy groups -OCH3 is 1. The van der Waals surface area contributed by atoms with Crippen molar-refractivity contribution in [2.45, 2.75) is 13.3 Å². The molecule has 0 aliphatic heterocycles. The molecular weight excluding hydrogens is 238 g/mol. The molecule has 0 saturated carbocycles. The average Bonchev–Trinajstić information content (AvgIpc) is 2.37. The third-order valence-corrected chi connectivity index (χ3v) is 2.19. The second-order valence-corrected chi connectivity index (χ2v) is 3.51. The van der Waals surface area contributed by atoms with E-state index in [9.17, 15) is 10.1 Å². The molecule has 0 spiro atoms. The van der Waals surface area contributed by atoms with E-state index in [1.54, 1.807) is 0 Å². The summed E-state index contributed by atoms with van der Waals surface area (Å²) >= 11 is 0. The quantitative estimate of drug-likeness (QED) is 0.402. The number of ether oxygens (including phenoxy) is 1. The maximum atomic E-state index is 10.9. The molecule has 0 amide bonds. The molecule has 8 heteroatoms. The normalized spacial score (nSPS) is 10.1. The summed E-state index contributed by atoms with van der Waals surface area (Å²) in [6.45, 7) is 4.23. The standard InChI is InChI=1S/C10H17N5O3/c1-3-4-11-5-6-12-9-8(15(16)17)10(18-2)14-7-13-9/h7,11H,3-6H2,1-2H3,(H,12,13,14). The van der Waals surface area contributed by atoms with Crippen LogP contribution in [0.1, 0.15) is 13.3 Å². The fourth-order valence-corrected chi connectivity index (χ4v) is 1.38. The van der Waals surface area contributed by atoms with Gasteiger partial charge in [-0.3, -0.25) is 10.1 Å². The SMILES string of the molecule is CCCNCCNc1ncnc(OC)c1[N+](=O)[O-]. The van der Waals surface area contributed by atoms with Crippen molar-refractivity contribution >= 4 is 11.5 Å². The highest BCUT2D eigenvalue weighted by molar-refractivity contribution is 5.60. The molecule has 8 nitrogen and oxygen atoms in total. The summed E-state index contributed by atoms with van der Waals surface area (Å²) in [5, 5.41) is 17.0. The van der Waals surface area contributed by atoms with Crippen LogP contribution in [0.15, 0.2) is 6.33 Å². The van der Waals surface area contributed by atoms with Gasteiger partial charge in [-0.15, -0.1) is 0 Å². The summed E-state index contributed by atoms with van der Waals surface area (Å²) in [6, 6.07) is 0. The molecule has 1 rings (SSSR count). The van der Waals surface area contributed by atoms with E-state index < -0.39 is 4.92 Å². The van der Waals surface area contributed by atoms with Gasteiger partial charge in [0.25, 0.3) is 5.88 Å². The van der Waals surface area contributed by atoms with Crippen LogP contribution in [-0.2, 0) is 0 Å². The van der Waals surface area contributed by atoms with Crippen molar-refractivity contribution in [3.63, 3.8) is 0 Å². The predicted octanol–water partition coefficient (Wildman–Crippen LogP) is 0.805. The Morgan fingerprint density at radius 2 is 2.17 bits per heavy atom. The second-order valence-electron chi connectivity index (χ2n) is 3.51. The lowest BCUT2D eigenvalue weighted by molar-refractivity contribution is -0.385. The fourth-order valence-electron chi connectivity index (χ4n) is 1.38. The van der Waals surface area contributed by atoms with Crippen LogP contribution >= 0.6 is 0 Å². The number of hydrogen-bond acceptors (Lipinski definition) is 7. The summed E-state index contributed by atoms with van der Waals surface area (Å²) in [5.41, 5.74) is -0.240. The Morgan fingerprint density at radius 1 is 1.39 bits per heavy atom. The topological polar surface area (TPSA) is 102 Å². The maximum Gasteiger partial charge on any atom is 0.372 e. The first kappa shape index (κ1) is 14.1. The van der Waals surface area contributed by atoms with Gasteiger partial charge in [0.2, 0.25) is 5.82 Å². The van der Waals surface area contributed by atoms with Crippen molar-refractivity contribution < 1.29 is 9.66 Å². The molecule has 0 radical (unpaired) electrons. The molecular formula is C10H17N5O3. The van der Waals surface area contributed by atoms with Gasteiger partial charge in [-0.25, -0.2) is 4.98 Å². The van der Waals surface area contributed by atoms with Crippen molar-refractivity contribution in [1.82, 2.24) is 15.3 Å². The zero-order valence-corrected chi connectivity index (χ0v) is 10.5. The maximum absolute atomic E-state index is 10.9. The summed E-state index contributed by atoms with van der Waals surface area (Å²) in [6.07, 6.45) is 2.27. The van der Waals surface area contributed by atoms with Crippen LogP contribution in [0.25, 0.3) is 0 Å². The van der Waals surface area contributed by atoms with E-state index in [1.807, 2.05) is 0 Å². The van der Waals surface area contributed by atoms with Crippen LogP contribution in [0.3, 0.4) is 0 Å². The average molecular weight is 255 g/mol. The highest BCUT2D eigenvalue weighted by atomic mass is 16.6. The molecule has 1 aromatic rings. The Morgan fingerprint density at radius 3 is 2.78 bits per heavy atom. The highest BCUT2D eigenvalue weighted by Crippen LogP contribution is 2.29. The summed E-state index contributed by atoms with van der Waals surface area (Å²) in [7, 11) is 1.34. The van der Waals surface area contributed by atoms with Gasteiger partial charge in [-0.05, 0) is 13.0 Å². The molecule has 0 unspecified atom stereocenters. The molecule has 2 N–H and O–H groups in total. The van der Waals surface area contributed by atoms with E-state index >= 15 is 0 Å². The summed E-state index contributed by atoms with van der Waals surface area (Å²) < 4.78 is 4.84. The molecule has 100 valence electrons. The number of hydrogen-bond donors (Lipinski definition) is 2. The van der Waals surface area contributed by atoms with Crippen LogP contribution in [0.2, 0.25) is 0 Å². The largest absolute Gasteiger partial charge is 0.476 e. The molecule has 18 heavy (non-hydrogen) atoms. The zero-order chi connectivity index (χ0) is 13.4. The number of aromatic nitrogens is 2. The molecule has 0 atom stereocenters. The zero-order valence-electron chi connectivity index (χ0n) is 10.5. The second kappa shape index (κ2) is 7.38. The molecule has 0 aromatic carbocycles. The number of rotatable bonds is 8. The van der Waals surface area contributed by atoms with E-state index in [-0.39, 0.29) is 17.4 Å². The lowest BCUT2D eigenvalue weighted by Gasteiger charge is -2.08. The number of anilines is 1. The third-order valence-electron chi connectivity index (χ3n) is 2.19. The third kappa shape index (κ3) is 3.81. The Balaban J connectivity index is 2.67. The van der Waals surface area contributed by atoms with Crippen molar-refractivity contribution in [2.75, 3.05) is 32.1 Å². The predicted molar refractivity (Wildman–Crippen MR) is 66.9 cm³/mol. The van der Waals surface area contributed by atoms with E-state index in [4.69, 9.17) is 4.74 Å². The molecule has 1 aromatic heterocycles. The van der Waals surface area contributed by atoms with Gasteiger partial charge in [-0.2, -0.15) is 4.98 Å². The van der Waals surface area contributed by atoms with E-state index in [1.165, 1.54) is 13.4 Å². The van der Waals surface area contributed by atoms with Crippen molar-refractivity contribution in [1.29, 1.82) is 0 Å². The van der Waals surface area contributed by atoms with Crippen LogP contribution in [-0.4, -0.2) is 41.6 Å². The Hall–Kier alpha value is -1.96. The Bertz CT molecular complexity index is 399. The summed E-state index contributed by atoms with van der Waals surface area (Å²) in [5.74, 6) is 0.129. The van der Waals surface area contributed by atoms with Gasteiger partial charge in [0.1, 0.15) is 6.33 Å². The molecule has 0 bridgehead atoms. The Kier molecular flexibility index (Phi) is 5.78. The molecule has 1 heterocycles. The lowest BCUT2D eigenvalue weighted by atomic mass is 10.4. The minimum atomic E-state index is -0.555. The number of nitrogens with zero attached hydrogens (tertiary/aromatic N) is 3.